The molecule has 3 N–H and O–H groups in total. The van der Waals surface area contributed by atoms with Crippen molar-refractivity contribution in [3.05, 3.63) is 76.3 Å². The summed E-state index contributed by atoms with van der Waals surface area (Å²) < 4.78 is 5.32. The lowest BCUT2D eigenvalue weighted by atomic mass is 10.1. The van der Waals surface area contributed by atoms with Gasteiger partial charge in [-0.2, -0.15) is 0 Å². The Kier molecular flexibility index (Phi) is 5.66. The number of nitrogens with two attached hydrogens (primary N) is 1. The number of carbonyl (C=O) groups excluding carboxylic acids is 2. The van der Waals surface area contributed by atoms with E-state index in [1.807, 2.05) is 30.3 Å². The largest absolute Gasteiger partial charge is 0.484 e. The fourth-order valence-electron chi connectivity index (χ4n) is 2.39. The monoisotopic (exact) mass is 397 g/mol. The summed E-state index contributed by atoms with van der Waals surface area (Å²) in [4.78, 5) is 34.8. The first-order valence-electron chi connectivity index (χ1n) is 8.10. The minimum atomic E-state index is -0.648. The van der Waals surface area contributed by atoms with E-state index in [9.17, 15) is 19.7 Å². The summed E-state index contributed by atoms with van der Waals surface area (Å²) in [6.45, 7) is -0.325. The van der Waals surface area contributed by atoms with Crippen molar-refractivity contribution < 1.29 is 19.2 Å². The number of thiophene rings is 1. The molecule has 0 fully saturated rings. The molecule has 28 heavy (non-hydrogen) atoms. The molecule has 0 spiro atoms. The number of anilines is 1. The Morgan fingerprint density at radius 1 is 1.11 bits per heavy atom. The summed E-state index contributed by atoms with van der Waals surface area (Å²) in [5, 5.41) is 13.6. The first-order valence-corrected chi connectivity index (χ1v) is 8.92. The van der Waals surface area contributed by atoms with Crippen molar-refractivity contribution in [2.75, 3.05) is 11.9 Å². The maximum atomic E-state index is 12.2. The van der Waals surface area contributed by atoms with Crippen LogP contribution in [0.3, 0.4) is 0 Å². The number of nitro benzene ring substituents is 1. The molecule has 0 unspecified atom stereocenters. The van der Waals surface area contributed by atoms with Crippen LogP contribution < -0.4 is 15.8 Å². The van der Waals surface area contributed by atoms with Gasteiger partial charge in [-0.3, -0.25) is 19.7 Å². The Hall–Kier alpha value is -3.72. The Morgan fingerprint density at radius 3 is 2.39 bits per heavy atom. The third-order valence-corrected chi connectivity index (χ3v) is 4.83. The van der Waals surface area contributed by atoms with Crippen LogP contribution in [0, 0.1) is 10.1 Å². The number of nitrogens with zero attached hydrogens (tertiary/aromatic N) is 1. The van der Waals surface area contributed by atoms with Gasteiger partial charge in [0.2, 0.25) is 0 Å². The molecule has 0 bridgehead atoms. The molecular weight excluding hydrogens is 382 g/mol. The molecule has 2 amide bonds. The van der Waals surface area contributed by atoms with E-state index in [1.54, 1.807) is 6.07 Å². The van der Waals surface area contributed by atoms with Gasteiger partial charge in [0.1, 0.15) is 10.8 Å². The van der Waals surface area contributed by atoms with Crippen molar-refractivity contribution in [3.8, 4) is 16.2 Å². The number of hydrogen-bond acceptors (Lipinski definition) is 6. The summed E-state index contributed by atoms with van der Waals surface area (Å²) in [6, 6.07) is 16.4. The number of nitro groups is 1. The van der Waals surface area contributed by atoms with Gasteiger partial charge in [-0.15, -0.1) is 11.3 Å². The molecular formula is C19H15N3O5S. The summed E-state index contributed by atoms with van der Waals surface area (Å²) >= 11 is 1.23. The van der Waals surface area contributed by atoms with Crippen LogP contribution in [0.25, 0.3) is 10.4 Å². The highest BCUT2D eigenvalue weighted by Gasteiger charge is 2.17. The number of rotatable bonds is 7. The molecule has 0 saturated carbocycles. The molecule has 3 rings (SSSR count). The number of nitrogens with one attached hydrogen (secondary N) is 1. The number of primary amides is 1. The summed E-state index contributed by atoms with van der Waals surface area (Å²) in [5.41, 5.74) is 6.46. The maximum Gasteiger partial charge on any atom is 0.269 e. The summed E-state index contributed by atoms with van der Waals surface area (Å²) in [6.07, 6.45) is 0. The van der Waals surface area contributed by atoms with E-state index in [4.69, 9.17) is 10.5 Å². The highest BCUT2D eigenvalue weighted by Crippen LogP contribution is 2.35. The zero-order valence-corrected chi connectivity index (χ0v) is 15.3. The topological polar surface area (TPSA) is 125 Å². The molecule has 0 radical (unpaired) electrons. The molecule has 0 saturated heterocycles. The predicted molar refractivity (Wildman–Crippen MR) is 105 cm³/mol. The molecule has 1 aromatic heterocycles. The van der Waals surface area contributed by atoms with Gasteiger partial charge in [0.25, 0.3) is 17.5 Å². The molecule has 9 heteroatoms. The van der Waals surface area contributed by atoms with Crippen LogP contribution in [0.15, 0.2) is 60.7 Å². The van der Waals surface area contributed by atoms with Gasteiger partial charge in [0.15, 0.2) is 6.61 Å². The number of benzene rings is 2. The van der Waals surface area contributed by atoms with Crippen LogP contribution >= 0.6 is 11.3 Å². The number of ether oxygens (including phenoxy) is 1. The predicted octanol–water partition coefficient (Wildman–Crippen LogP) is 3.44. The van der Waals surface area contributed by atoms with Gasteiger partial charge in [0.05, 0.1) is 10.5 Å². The minimum Gasteiger partial charge on any atom is -0.484 e. The van der Waals surface area contributed by atoms with Gasteiger partial charge < -0.3 is 15.8 Å². The van der Waals surface area contributed by atoms with E-state index in [1.165, 1.54) is 35.6 Å². The Morgan fingerprint density at radius 2 is 1.79 bits per heavy atom. The van der Waals surface area contributed by atoms with Crippen LogP contribution in [0.4, 0.5) is 10.7 Å². The van der Waals surface area contributed by atoms with Gasteiger partial charge in [-0.25, -0.2) is 0 Å². The van der Waals surface area contributed by atoms with Crippen molar-refractivity contribution >= 4 is 33.8 Å². The van der Waals surface area contributed by atoms with Crippen LogP contribution in [0.2, 0.25) is 0 Å². The second-order valence-corrected chi connectivity index (χ2v) is 6.72. The molecule has 142 valence electrons. The molecule has 0 atom stereocenters. The van der Waals surface area contributed by atoms with Crippen LogP contribution in [0.1, 0.15) is 10.4 Å². The van der Waals surface area contributed by atoms with E-state index in [2.05, 4.69) is 5.32 Å². The first-order chi connectivity index (χ1) is 13.4. The first kappa shape index (κ1) is 19.1. The van der Waals surface area contributed by atoms with Gasteiger partial charge in [0, 0.05) is 17.0 Å². The second-order valence-electron chi connectivity index (χ2n) is 5.67. The van der Waals surface area contributed by atoms with Crippen molar-refractivity contribution in [1.82, 2.24) is 0 Å². The fraction of sp³-hybridized carbons (Fsp3) is 0.0526. The second kappa shape index (κ2) is 8.31. The highest BCUT2D eigenvalue weighted by atomic mass is 32.1. The molecule has 8 nitrogen and oxygen atoms in total. The molecule has 1 heterocycles. The smallest absolute Gasteiger partial charge is 0.269 e. The Balaban J connectivity index is 1.68. The Bertz CT molecular complexity index is 1020. The molecule has 0 aliphatic heterocycles. The maximum absolute atomic E-state index is 12.2. The normalized spacial score (nSPS) is 10.3. The van der Waals surface area contributed by atoms with Crippen molar-refractivity contribution in [2.24, 2.45) is 5.73 Å². The van der Waals surface area contributed by atoms with E-state index in [-0.39, 0.29) is 17.9 Å². The lowest BCUT2D eigenvalue weighted by molar-refractivity contribution is -0.384. The van der Waals surface area contributed by atoms with Gasteiger partial charge >= 0.3 is 0 Å². The quantitative estimate of drug-likeness (QED) is 0.467. The van der Waals surface area contributed by atoms with Crippen LogP contribution in [-0.2, 0) is 4.79 Å². The number of non-ortho nitro benzene ring substituents is 1. The standard InChI is InChI=1S/C19H15N3O5S/c20-18(24)15-10-16(12-4-2-1-3-5-12)28-19(15)21-17(23)11-27-14-8-6-13(7-9-14)22(25)26/h1-10H,11H2,(H2,20,24)(H,21,23). The van der Waals surface area contributed by atoms with Crippen molar-refractivity contribution in [3.63, 3.8) is 0 Å². The van der Waals surface area contributed by atoms with Gasteiger partial charge in [-0.05, 0) is 23.8 Å². The number of carbonyl (C=O) groups is 2. The lowest BCUT2D eigenvalue weighted by Gasteiger charge is -2.07. The zero-order chi connectivity index (χ0) is 20.1. The molecule has 0 aliphatic rings. The average Bonchev–Trinajstić information content (AvgIpc) is 3.11. The van der Waals surface area contributed by atoms with E-state index >= 15 is 0 Å². The number of hydrogen-bond donors (Lipinski definition) is 2. The molecule has 3 aromatic rings. The van der Waals surface area contributed by atoms with E-state index in [0.29, 0.717) is 10.8 Å². The van der Waals surface area contributed by atoms with Gasteiger partial charge in [-0.1, -0.05) is 30.3 Å². The van der Waals surface area contributed by atoms with Crippen LogP contribution in [-0.4, -0.2) is 23.3 Å². The SMILES string of the molecule is NC(=O)c1cc(-c2ccccc2)sc1NC(=O)COc1ccc([N+](=O)[O-])cc1. The Labute approximate surface area is 163 Å². The van der Waals surface area contributed by atoms with Crippen LogP contribution in [0.5, 0.6) is 5.75 Å². The van der Waals surface area contributed by atoms with Crippen molar-refractivity contribution in [2.45, 2.75) is 0 Å². The summed E-state index contributed by atoms with van der Waals surface area (Å²) in [5.74, 6) is -0.820. The fourth-order valence-corrected chi connectivity index (χ4v) is 3.47. The number of amides is 2. The molecule has 0 aliphatic carbocycles. The average molecular weight is 397 g/mol. The minimum absolute atomic E-state index is 0.0741. The van der Waals surface area contributed by atoms with Crippen molar-refractivity contribution in [1.29, 1.82) is 0 Å². The molecule has 2 aromatic carbocycles. The summed E-state index contributed by atoms with van der Waals surface area (Å²) in [7, 11) is 0. The zero-order valence-electron chi connectivity index (χ0n) is 14.5. The third kappa shape index (κ3) is 4.51. The highest BCUT2D eigenvalue weighted by molar-refractivity contribution is 7.20. The lowest BCUT2D eigenvalue weighted by Crippen LogP contribution is -2.21. The van der Waals surface area contributed by atoms with E-state index in [0.717, 1.165) is 10.4 Å². The van der Waals surface area contributed by atoms with E-state index < -0.39 is 16.7 Å². The third-order valence-electron chi connectivity index (χ3n) is 3.73.